The molecule has 0 unspecified atom stereocenters. The third-order valence-electron chi connectivity index (χ3n) is 6.78. The van der Waals surface area contributed by atoms with Gasteiger partial charge in [0.25, 0.3) is 0 Å². The van der Waals surface area contributed by atoms with Gasteiger partial charge in [-0.2, -0.15) is 0 Å². The summed E-state index contributed by atoms with van der Waals surface area (Å²) in [4.78, 5) is 30.1. The van der Waals surface area contributed by atoms with Crippen LogP contribution in [0.2, 0.25) is 0 Å². The molecule has 0 radical (unpaired) electrons. The Morgan fingerprint density at radius 1 is 1.03 bits per heavy atom. The van der Waals surface area contributed by atoms with Crippen molar-refractivity contribution in [1.82, 2.24) is 4.98 Å². The number of pyridine rings is 1. The smallest absolute Gasteiger partial charge is 0.478 e. The monoisotopic (exact) mass is 526 g/mol. The van der Waals surface area contributed by atoms with E-state index in [1.54, 1.807) is 24.3 Å². The van der Waals surface area contributed by atoms with Gasteiger partial charge in [-0.1, -0.05) is 45.0 Å². The Balaban J connectivity index is 0.00000336. The first-order valence-electron chi connectivity index (χ1n) is 11.9. The molecular formula is C28H28F2N2O6. The number of hydrogen-bond donors (Lipinski definition) is 2. The molecular weight excluding hydrogens is 498 g/mol. The number of halogens is 2. The predicted octanol–water partition coefficient (Wildman–Crippen LogP) is 5.22. The van der Waals surface area contributed by atoms with E-state index in [-0.39, 0.29) is 28.4 Å². The van der Waals surface area contributed by atoms with Crippen LogP contribution < -0.4 is 14.8 Å². The van der Waals surface area contributed by atoms with E-state index in [0.717, 1.165) is 5.56 Å². The van der Waals surface area contributed by atoms with Crippen molar-refractivity contribution in [2.75, 3.05) is 5.32 Å². The minimum absolute atomic E-state index is 0. The first-order chi connectivity index (χ1) is 17.3. The fraction of sp³-hybridized carbons (Fsp3) is 0.321. The van der Waals surface area contributed by atoms with Crippen LogP contribution in [-0.2, 0) is 15.6 Å². The highest BCUT2D eigenvalue weighted by Gasteiger charge is 2.53. The van der Waals surface area contributed by atoms with Crippen molar-refractivity contribution >= 4 is 17.7 Å². The van der Waals surface area contributed by atoms with E-state index < -0.39 is 23.1 Å². The van der Waals surface area contributed by atoms with Crippen molar-refractivity contribution in [3.63, 3.8) is 0 Å². The third kappa shape index (κ3) is 4.67. The van der Waals surface area contributed by atoms with Gasteiger partial charge in [0.1, 0.15) is 5.82 Å². The van der Waals surface area contributed by atoms with Crippen LogP contribution in [0.25, 0.3) is 11.3 Å². The highest BCUT2D eigenvalue weighted by Crippen LogP contribution is 2.52. The van der Waals surface area contributed by atoms with Gasteiger partial charge in [0.2, 0.25) is 5.91 Å². The predicted molar refractivity (Wildman–Crippen MR) is 136 cm³/mol. The Kier molecular flexibility index (Phi) is 6.43. The van der Waals surface area contributed by atoms with Gasteiger partial charge in [0.15, 0.2) is 11.5 Å². The number of nitrogens with one attached hydrogen (secondary N) is 1. The van der Waals surface area contributed by atoms with Gasteiger partial charge >= 0.3 is 12.3 Å². The van der Waals surface area contributed by atoms with Crippen LogP contribution in [0.5, 0.6) is 11.5 Å². The summed E-state index contributed by atoms with van der Waals surface area (Å²) >= 11 is 0. The lowest BCUT2D eigenvalue weighted by atomic mass is 9.79. The number of benzene rings is 2. The molecule has 8 nitrogen and oxygen atoms in total. The van der Waals surface area contributed by atoms with Crippen molar-refractivity contribution in [1.29, 1.82) is 0 Å². The molecule has 0 spiro atoms. The first kappa shape index (κ1) is 27.0. The van der Waals surface area contributed by atoms with Crippen LogP contribution in [0.3, 0.4) is 0 Å². The summed E-state index contributed by atoms with van der Waals surface area (Å²) in [7, 11) is 0. The maximum atomic E-state index is 13.4. The van der Waals surface area contributed by atoms with E-state index in [0.29, 0.717) is 41.0 Å². The zero-order chi connectivity index (χ0) is 26.8. The molecule has 2 heterocycles. The second kappa shape index (κ2) is 9.05. The molecule has 1 aliphatic carbocycles. The number of amides is 1. The van der Waals surface area contributed by atoms with Gasteiger partial charge in [-0.15, -0.1) is 8.78 Å². The number of nitrogens with zero attached hydrogens (tertiary/aromatic N) is 1. The minimum Gasteiger partial charge on any atom is -0.478 e. The van der Waals surface area contributed by atoms with Gasteiger partial charge in [-0.05, 0) is 66.1 Å². The molecule has 0 saturated heterocycles. The number of fused-ring (bicyclic) bond motifs is 1. The average molecular weight is 527 g/mol. The van der Waals surface area contributed by atoms with E-state index in [1.165, 1.54) is 12.1 Å². The average Bonchev–Trinajstić information content (AvgIpc) is 3.56. The molecule has 3 aromatic rings. The zero-order valence-electron chi connectivity index (χ0n) is 21.3. The van der Waals surface area contributed by atoms with Crippen molar-refractivity contribution < 1.29 is 38.4 Å². The van der Waals surface area contributed by atoms with E-state index in [4.69, 9.17) is 4.98 Å². The molecule has 5 rings (SSSR count). The Hall–Kier alpha value is -4.05. The molecule has 4 N–H and O–H groups in total. The van der Waals surface area contributed by atoms with E-state index in [2.05, 4.69) is 14.8 Å². The largest absolute Gasteiger partial charge is 0.586 e. The number of alkyl halides is 2. The number of rotatable bonds is 5. The van der Waals surface area contributed by atoms with Crippen LogP contribution in [0.15, 0.2) is 48.5 Å². The number of aromatic carboxylic acids is 1. The van der Waals surface area contributed by atoms with Crippen molar-refractivity contribution in [3.05, 3.63) is 70.8 Å². The van der Waals surface area contributed by atoms with Crippen LogP contribution in [0.1, 0.15) is 60.7 Å². The molecule has 1 fully saturated rings. The number of carboxylic acids is 1. The van der Waals surface area contributed by atoms with Crippen LogP contribution >= 0.6 is 0 Å². The molecule has 1 aliphatic heterocycles. The van der Waals surface area contributed by atoms with Crippen LogP contribution in [0.4, 0.5) is 14.6 Å². The second-order valence-corrected chi connectivity index (χ2v) is 10.5. The fourth-order valence-corrected chi connectivity index (χ4v) is 4.86. The molecule has 1 saturated carbocycles. The quantitative estimate of drug-likeness (QED) is 0.469. The Labute approximate surface area is 217 Å². The molecule has 2 aromatic carbocycles. The minimum atomic E-state index is -3.73. The topological polar surface area (TPSA) is 129 Å². The third-order valence-corrected chi connectivity index (χ3v) is 6.78. The summed E-state index contributed by atoms with van der Waals surface area (Å²) in [5.41, 5.74) is 2.11. The summed E-state index contributed by atoms with van der Waals surface area (Å²) in [6.07, 6.45) is -2.64. The SMILES string of the molecule is Cc1ccc(NC(=O)C2(c3ccc4c(c3)OC(F)(F)O4)CC2)nc1-c1cccc(C(=O)O)c1C(C)(C)C.O. The molecule has 38 heavy (non-hydrogen) atoms. The lowest BCUT2D eigenvalue weighted by molar-refractivity contribution is -0.286. The second-order valence-electron chi connectivity index (χ2n) is 10.5. The molecule has 1 aromatic heterocycles. The van der Waals surface area contributed by atoms with Gasteiger partial charge in [-0.25, -0.2) is 9.78 Å². The summed E-state index contributed by atoms with van der Waals surface area (Å²) in [5.74, 6) is -1.20. The number of carboxylic acid groups (broad SMARTS) is 1. The first-order valence-corrected chi connectivity index (χ1v) is 11.9. The highest BCUT2D eigenvalue weighted by atomic mass is 19.3. The Morgan fingerprint density at radius 2 is 1.71 bits per heavy atom. The molecule has 0 bridgehead atoms. The summed E-state index contributed by atoms with van der Waals surface area (Å²) in [6.45, 7) is 7.70. The molecule has 2 aliphatic rings. The zero-order valence-corrected chi connectivity index (χ0v) is 21.3. The number of aromatic nitrogens is 1. The molecule has 0 atom stereocenters. The van der Waals surface area contributed by atoms with Gasteiger partial charge < -0.3 is 25.4 Å². The van der Waals surface area contributed by atoms with Crippen LogP contribution in [0, 0.1) is 6.92 Å². The van der Waals surface area contributed by atoms with Crippen molar-refractivity contribution in [3.8, 4) is 22.8 Å². The summed E-state index contributed by atoms with van der Waals surface area (Å²) in [5, 5.41) is 12.7. The molecule has 10 heteroatoms. The lowest BCUT2D eigenvalue weighted by Gasteiger charge is -2.25. The number of anilines is 1. The maximum absolute atomic E-state index is 13.4. The number of carbonyl (C=O) groups excluding carboxylic acids is 1. The van der Waals surface area contributed by atoms with Crippen molar-refractivity contribution in [2.24, 2.45) is 0 Å². The molecule has 1 amide bonds. The summed E-state index contributed by atoms with van der Waals surface area (Å²) in [6, 6.07) is 13.0. The van der Waals surface area contributed by atoms with Crippen LogP contribution in [-0.4, -0.2) is 33.7 Å². The normalized spacial score (nSPS) is 16.4. The van der Waals surface area contributed by atoms with Gasteiger partial charge in [-0.3, -0.25) is 4.79 Å². The fourth-order valence-electron chi connectivity index (χ4n) is 4.86. The number of hydrogen-bond acceptors (Lipinski definition) is 5. The van der Waals surface area contributed by atoms with Crippen molar-refractivity contribution in [2.45, 2.75) is 57.7 Å². The highest BCUT2D eigenvalue weighted by molar-refractivity contribution is 6.01. The number of ether oxygens (including phenoxy) is 2. The van der Waals surface area contributed by atoms with E-state index in [1.807, 2.05) is 39.8 Å². The number of aryl methyl sites for hydroxylation is 1. The summed E-state index contributed by atoms with van der Waals surface area (Å²) < 4.78 is 35.9. The Bertz CT molecular complexity index is 1440. The maximum Gasteiger partial charge on any atom is 0.586 e. The van der Waals surface area contributed by atoms with Gasteiger partial charge in [0, 0.05) is 5.56 Å². The number of carbonyl (C=O) groups is 2. The Morgan fingerprint density at radius 3 is 2.34 bits per heavy atom. The van der Waals surface area contributed by atoms with E-state index in [9.17, 15) is 23.5 Å². The standard InChI is InChI=1S/C28H26F2N2O5.H2O/c1-15-8-11-21(31-23(15)17-6-5-7-18(24(33)34)22(17)26(2,3)4)32-25(35)27(12-13-27)16-9-10-19-20(14-16)37-28(29,30)36-19;/h5-11,14H,12-13H2,1-4H3,(H,33,34)(H,31,32,35);1H2. The van der Waals surface area contributed by atoms with E-state index >= 15 is 0 Å². The molecule has 200 valence electrons. The van der Waals surface area contributed by atoms with Gasteiger partial charge in [0.05, 0.1) is 16.7 Å². The lowest BCUT2D eigenvalue weighted by Crippen LogP contribution is -2.28.